The second-order valence-corrected chi connectivity index (χ2v) is 6.14. The van der Waals surface area contributed by atoms with Crippen molar-refractivity contribution >= 4 is 22.4 Å². The number of ether oxygens (including phenoxy) is 3. The number of morpholine rings is 1. The van der Waals surface area contributed by atoms with Gasteiger partial charge in [0.1, 0.15) is 18.0 Å². The summed E-state index contributed by atoms with van der Waals surface area (Å²) in [7, 11) is 1.17. The van der Waals surface area contributed by atoms with E-state index >= 15 is 0 Å². The monoisotopic (exact) mass is 440 g/mol. The maximum absolute atomic E-state index is 13.8. The number of nitrogens with one attached hydrogen (secondary N) is 1. The van der Waals surface area contributed by atoms with Crippen molar-refractivity contribution < 1.29 is 37.8 Å². The summed E-state index contributed by atoms with van der Waals surface area (Å²) in [5.41, 5.74) is 0.971. The molecule has 31 heavy (non-hydrogen) atoms. The van der Waals surface area contributed by atoms with Crippen LogP contribution < -0.4 is 14.8 Å². The number of rotatable bonds is 8. The molecule has 1 fully saturated rings. The van der Waals surface area contributed by atoms with Gasteiger partial charge >= 0.3 is 0 Å². The van der Waals surface area contributed by atoms with Crippen molar-refractivity contribution in [1.82, 2.24) is 14.9 Å². The first kappa shape index (κ1) is 10.1. The van der Waals surface area contributed by atoms with Gasteiger partial charge in [-0.1, -0.05) is 0 Å². The molecule has 2 heterocycles. The Morgan fingerprint density at radius 2 is 2.06 bits per heavy atom. The first-order valence-corrected chi connectivity index (χ1v) is 8.90. The summed E-state index contributed by atoms with van der Waals surface area (Å²) in [6.07, 6.45) is -2.88. The Hall–Kier alpha value is -2.97. The average molecular weight is 441 g/mol. The second-order valence-electron chi connectivity index (χ2n) is 6.14. The maximum atomic E-state index is 13.8. The standard InChI is InChI=1S/C23H27FN4O3/c1-16-12-17(4-5-19(16)24)27-23-18-13-22(21(29-2)14-20(18)25-15-26-23)31-9-3-6-28-7-10-30-11-8-28/h4-5,12-15H,3,6-11H2,1-2H3,(H,25,26,27)/i3D2,6D2,7D2,8D2,9D2,10D2,11D2. The molecule has 1 aliphatic heterocycles. The maximum Gasteiger partial charge on any atom is 0.162 e. The first-order chi connectivity index (χ1) is 20.3. The fourth-order valence-electron chi connectivity index (χ4n) is 2.67. The molecule has 0 atom stereocenters. The second kappa shape index (κ2) is 9.89. The van der Waals surface area contributed by atoms with Crippen molar-refractivity contribution in [1.29, 1.82) is 0 Å². The van der Waals surface area contributed by atoms with Gasteiger partial charge in [0, 0.05) is 47.6 Å². The van der Waals surface area contributed by atoms with E-state index in [0.717, 1.165) is 6.07 Å². The van der Waals surface area contributed by atoms with Crippen LogP contribution in [0.25, 0.3) is 10.9 Å². The van der Waals surface area contributed by atoms with E-state index in [2.05, 4.69) is 20.0 Å². The summed E-state index contributed by atoms with van der Waals surface area (Å²) in [6.45, 7) is -21.6. The van der Waals surface area contributed by atoms with Crippen LogP contribution in [-0.2, 0) is 4.74 Å². The molecule has 0 radical (unpaired) electrons. The topological polar surface area (TPSA) is 68.7 Å². The minimum Gasteiger partial charge on any atom is -0.493 e. The lowest BCUT2D eigenvalue weighted by atomic mass is 10.2. The van der Waals surface area contributed by atoms with Crippen LogP contribution in [0.4, 0.5) is 15.9 Å². The Morgan fingerprint density at radius 3 is 2.84 bits per heavy atom. The zero-order chi connectivity index (χ0) is 34.2. The fourth-order valence-corrected chi connectivity index (χ4v) is 2.67. The highest BCUT2D eigenvalue weighted by molar-refractivity contribution is 5.93. The van der Waals surface area contributed by atoms with Crippen LogP contribution in [0.15, 0.2) is 36.7 Å². The molecule has 0 aliphatic carbocycles. The zero-order valence-corrected chi connectivity index (χ0v) is 16.4. The Kier molecular flexibility index (Phi) is 3.22. The van der Waals surface area contributed by atoms with E-state index < -0.39 is 62.0 Å². The summed E-state index contributed by atoms with van der Waals surface area (Å²) >= 11 is 0. The highest BCUT2D eigenvalue weighted by Gasteiger charge is 2.13. The number of hydrogen-bond donors (Lipinski definition) is 1. The van der Waals surface area contributed by atoms with Crippen LogP contribution in [0.5, 0.6) is 11.5 Å². The smallest absolute Gasteiger partial charge is 0.162 e. The number of methoxy groups -OCH3 is 1. The molecule has 7 nitrogen and oxygen atoms in total. The fraction of sp³-hybridized carbons (Fsp3) is 0.391. The molecule has 1 N–H and O–H groups in total. The number of benzene rings is 2. The molecule has 1 aliphatic rings. The van der Waals surface area contributed by atoms with Gasteiger partial charge in [0.05, 0.1) is 40.5 Å². The predicted molar refractivity (Wildman–Crippen MR) is 118 cm³/mol. The van der Waals surface area contributed by atoms with Gasteiger partial charge in [-0.3, -0.25) is 4.90 Å². The van der Waals surface area contributed by atoms with Crippen LogP contribution in [-0.4, -0.2) is 61.1 Å². The number of halogens is 1. The highest BCUT2D eigenvalue weighted by Crippen LogP contribution is 2.35. The van der Waals surface area contributed by atoms with Gasteiger partial charge in [0.25, 0.3) is 0 Å². The molecule has 1 aromatic heterocycles. The molecule has 0 spiro atoms. The number of anilines is 2. The number of fused-ring (bicyclic) bond motifs is 1. The Balaban J connectivity index is 1.80. The predicted octanol–water partition coefficient (Wildman–Crippen LogP) is 3.93. The van der Waals surface area contributed by atoms with Crippen LogP contribution >= 0.6 is 0 Å². The molecule has 0 bridgehead atoms. The van der Waals surface area contributed by atoms with E-state index in [1.807, 2.05) is 0 Å². The Labute approximate surface area is 200 Å². The SMILES string of the molecule is [2H]C1([2H])OC([2H])([2H])C([2H])([2H])N(C([2H])([2H])C([2H])([2H])C([2H])([2H])Oc2cc3c(Nc4ccc(F)c(C)c4)ncnc3cc2OC)C1([2H])[2H]. The van der Waals surface area contributed by atoms with Crippen LogP contribution in [0.3, 0.4) is 0 Å². The lowest BCUT2D eigenvalue weighted by Gasteiger charge is -2.26. The molecule has 4 rings (SSSR count). The number of aryl methyl sites for hydroxylation is 1. The number of nitrogens with zero attached hydrogens (tertiary/aromatic N) is 3. The van der Waals surface area contributed by atoms with Crippen LogP contribution in [0.1, 0.15) is 31.1 Å². The molecular formula is C23H27FN4O3. The third-order valence-corrected chi connectivity index (χ3v) is 4.14. The molecule has 2 aromatic carbocycles. The highest BCUT2D eigenvalue weighted by atomic mass is 19.1. The van der Waals surface area contributed by atoms with Gasteiger partial charge in [0.2, 0.25) is 0 Å². The normalized spacial score (nSPS) is 29.1. The van der Waals surface area contributed by atoms with Crippen molar-refractivity contribution in [3.63, 3.8) is 0 Å². The molecule has 8 heteroatoms. The molecule has 0 unspecified atom stereocenters. The summed E-state index contributed by atoms with van der Waals surface area (Å²) in [6, 6.07) is 6.56. The third-order valence-electron chi connectivity index (χ3n) is 4.14. The van der Waals surface area contributed by atoms with E-state index in [-0.39, 0.29) is 22.5 Å². The van der Waals surface area contributed by atoms with Crippen LogP contribution in [0.2, 0.25) is 0 Å². The summed E-state index contributed by atoms with van der Waals surface area (Å²) < 4.78 is 143. The van der Waals surface area contributed by atoms with Crippen molar-refractivity contribution in [3.05, 3.63) is 48.0 Å². The molecule has 1 saturated heterocycles. The van der Waals surface area contributed by atoms with Crippen molar-refractivity contribution in [2.24, 2.45) is 0 Å². The van der Waals surface area contributed by atoms with Crippen molar-refractivity contribution in [2.75, 3.05) is 51.6 Å². The van der Waals surface area contributed by atoms with Gasteiger partial charge in [0.15, 0.2) is 11.5 Å². The van der Waals surface area contributed by atoms with Crippen molar-refractivity contribution in [2.45, 2.75) is 13.3 Å². The van der Waals surface area contributed by atoms with E-state index in [9.17, 15) is 4.39 Å². The quantitative estimate of drug-likeness (QED) is 0.569. The molecule has 0 saturated carbocycles. The van der Waals surface area contributed by atoms with Gasteiger partial charge < -0.3 is 19.5 Å². The third kappa shape index (κ3) is 5.21. The van der Waals surface area contributed by atoms with E-state index in [1.54, 1.807) is 6.92 Å². The lowest BCUT2D eigenvalue weighted by Crippen LogP contribution is -2.37. The summed E-state index contributed by atoms with van der Waals surface area (Å²) in [5, 5.41) is 3.12. The van der Waals surface area contributed by atoms with Gasteiger partial charge in [-0.15, -0.1) is 0 Å². The number of aromatic nitrogens is 2. The van der Waals surface area contributed by atoms with E-state index in [1.165, 1.54) is 37.7 Å². The Morgan fingerprint density at radius 1 is 1.23 bits per heavy atom. The van der Waals surface area contributed by atoms with Gasteiger partial charge in [-0.05, 0) is 43.1 Å². The minimum absolute atomic E-state index is 0.122. The zero-order valence-electron chi connectivity index (χ0n) is 30.4. The Bertz CT molecular complexity index is 1600. The number of hydrogen-bond acceptors (Lipinski definition) is 7. The van der Waals surface area contributed by atoms with E-state index in [0.29, 0.717) is 11.3 Å². The van der Waals surface area contributed by atoms with Crippen molar-refractivity contribution in [3.8, 4) is 11.5 Å². The van der Waals surface area contributed by atoms with E-state index in [4.69, 9.17) is 28.7 Å². The lowest BCUT2D eigenvalue weighted by molar-refractivity contribution is 0.0357. The minimum atomic E-state index is -4.16. The summed E-state index contributed by atoms with van der Waals surface area (Å²) in [4.78, 5) is 7.57. The molecule has 3 aromatic rings. The largest absolute Gasteiger partial charge is 0.493 e. The van der Waals surface area contributed by atoms with Crippen LogP contribution in [0, 0.1) is 12.7 Å². The van der Waals surface area contributed by atoms with Gasteiger partial charge in [-0.2, -0.15) is 0 Å². The van der Waals surface area contributed by atoms with Gasteiger partial charge in [-0.25, -0.2) is 14.4 Å². The summed E-state index contributed by atoms with van der Waals surface area (Å²) in [5.74, 6) is -1.07. The molecule has 164 valence electrons. The molecular weight excluding hydrogens is 399 g/mol. The first-order valence-electron chi connectivity index (χ1n) is 15.9. The molecule has 0 amide bonds. The average Bonchev–Trinajstić information content (AvgIpc) is 2.88.